The number of hydrogen-bond donors (Lipinski definition) is 2. The van der Waals surface area contributed by atoms with E-state index >= 15 is 0 Å². The lowest BCUT2D eigenvalue weighted by atomic mass is 10.2. The second-order valence-electron chi connectivity index (χ2n) is 4.36. The summed E-state index contributed by atoms with van der Waals surface area (Å²) in [6, 6.07) is 7.57. The molecule has 20 heavy (non-hydrogen) atoms. The minimum atomic E-state index is 0.374. The van der Waals surface area contributed by atoms with Gasteiger partial charge in [0, 0.05) is 19.8 Å². The third-order valence-corrected chi connectivity index (χ3v) is 2.81. The average molecular weight is 273 g/mol. The number of methoxy groups -OCH3 is 1. The van der Waals surface area contributed by atoms with Crippen molar-refractivity contribution in [2.24, 2.45) is 17.8 Å². The Labute approximate surface area is 118 Å². The van der Waals surface area contributed by atoms with Gasteiger partial charge in [0.2, 0.25) is 0 Å². The van der Waals surface area contributed by atoms with Crippen molar-refractivity contribution in [2.45, 2.75) is 6.42 Å². The lowest BCUT2D eigenvalue weighted by molar-refractivity contribution is 0.417. The van der Waals surface area contributed by atoms with Crippen molar-refractivity contribution in [3.8, 4) is 5.75 Å². The number of aliphatic imine (C=N–C) groups is 1. The minimum absolute atomic E-state index is 0.374. The Morgan fingerprint density at radius 1 is 1.45 bits per heavy atom. The zero-order valence-corrected chi connectivity index (χ0v) is 11.7. The zero-order valence-electron chi connectivity index (χ0n) is 11.7. The number of para-hydroxylation sites is 2. The number of aromatic nitrogens is 2. The second kappa shape index (κ2) is 6.60. The van der Waals surface area contributed by atoms with Gasteiger partial charge in [0.05, 0.1) is 19.0 Å². The number of ether oxygens (including phenoxy) is 1. The SMILES string of the molecule is COc1ccccc1NC(N)=NCCc1cnn(C)c1. The molecule has 0 atom stereocenters. The van der Waals surface area contributed by atoms with Crippen LogP contribution in [0.4, 0.5) is 5.69 Å². The Balaban J connectivity index is 1.90. The van der Waals surface area contributed by atoms with Crippen molar-refractivity contribution in [3.63, 3.8) is 0 Å². The molecule has 0 saturated heterocycles. The Morgan fingerprint density at radius 3 is 2.95 bits per heavy atom. The fraction of sp³-hybridized carbons (Fsp3) is 0.286. The third kappa shape index (κ3) is 3.74. The monoisotopic (exact) mass is 273 g/mol. The Bertz CT molecular complexity index is 591. The maximum absolute atomic E-state index is 5.86. The number of anilines is 1. The van der Waals surface area contributed by atoms with Gasteiger partial charge in [-0.25, -0.2) is 0 Å². The molecule has 0 unspecified atom stereocenters. The van der Waals surface area contributed by atoms with E-state index in [1.54, 1.807) is 11.8 Å². The van der Waals surface area contributed by atoms with Crippen LogP contribution in [0.5, 0.6) is 5.75 Å². The molecule has 0 amide bonds. The van der Waals surface area contributed by atoms with Crippen LogP contribution in [-0.4, -0.2) is 29.4 Å². The van der Waals surface area contributed by atoms with Gasteiger partial charge < -0.3 is 15.8 Å². The number of hydrogen-bond acceptors (Lipinski definition) is 3. The van der Waals surface area contributed by atoms with Crippen LogP contribution in [0.15, 0.2) is 41.7 Å². The molecule has 0 spiro atoms. The summed E-state index contributed by atoms with van der Waals surface area (Å²) in [7, 11) is 3.51. The molecule has 106 valence electrons. The van der Waals surface area contributed by atoms with Crippen LogP contribution in [0, 0.1) is 0 Å². The molecular weight excluding hydrogens is 254 g/mol. The molecule has 0 radical (unpaired) electrons. The number of nitrogens with zero attached hydrogens (tertiary/aromatic N) is 3. The normalized spacial score (nSPS) is 11.4. The van der Waals surface area contributed by atoms with E-state index in [0.29, 0.717) is 12.5 Å². The van der Waals surface area contributed by atoms with Crippen LogP contribution in [0.2, 0.25) is 0 Å². The van der Waals surface area contributed by atoms with E-state index in [-0.39, 0.29) is 0 Å². The van der Waals surface area contributed by atoms with Gasteiger partial charge in [-0.2, -0.15) is 5.10 Å². The van der Waals surface area contributed by atoms with Gasteiger partial charge in [-0.15, -0.1) is 0 Å². The van der Waals surface area contributed by atoms with Crippen LogP contribution in [-0.2, 0) is 13.5 Å². The zero-order chi connectivity index (χ0) is 14.4. The molecule has 0 fully saturated rings. The first-order chi connectivity index (χ1) is 9.69. The van der Waals surface area contributed by atoms with E-state index < -0.39 is 0 Å². The van der Waals surface area contributed by atoms with Crippen LogP contribution < -0.4 is 15.8 Å². The summed E-state index contributed by atoms with van der Waals surface area (Å²) in [5.74, 6) is 1.11. The second-order valence-corrected chi connectivity index (χ2v) is 4.36. The van der Waals surface area contributed by atoms with E-state index in [1.807, 2.05) is 43.7 Å². The Kier molecular flexibility index (Phi) is 4.60. The van der Waals surface area contributed by atoms with Gasteiger partial charge in [0.15, 0.2) is 5.96 Å². The summed E-state index contributed by atoms with van der Waals surface area (Å²) in [4.78, 5) is 4.29. The smallest absolute Gasteiger partial charge is 0.193 e. The van der Waals surface area contributed by atoms with E-state index in [2.05, 4.69) is 15.4 Å². The standard InChI is InChI=1S/C14H19N5O/c1-19-10-11(9-17-19)7-8-16-14(15)18-12-5-3-4-6-13(12)20-2/h3-6,9-10H,7-8H2,1-2H3,(H3,15,16,18). The van der Waals surface area contributed by atoms with Crippen molar-refractivity contribution in [1.29, 1.82) is 0 Å². The topological polar surface area (TPSA) is 77.5 Å². The highest BCUT2D eigenvalue weighted by Crippen LogP contribution is 2.22. The highest BCUT2D eigenvalue weighted by molar-refractivity contribution is 5.93. The fourth-order valence-electron chi connectivity index (χ4n) is 1.83. The van der Waals surface area contributed by atoms with Gasteiger partial charge in [-0.3, -0.25) is 9.67 Å². The summed E-state index contributed by atoms with van der Waals surface area (Å²) in [5.41, 5.74) is 7.80. The van der Waals surface area contributed by atoms with E-state index in [9.17, 15) is 0 Å². The maximum atomic E-state index is 5.86. The Morgan fingerprint density at radius 2 is 2.25 bits per heavy atom. The predicted octanol–water partition coefficient (Wildman–Crippen LogP) is 1.40. The summed E-state index contributed by atoms with van der Waals surface area (Å²) in [5, 5.41) is 7.14. The molecule has 0 saturated carbocycles. The first-order valence-corrected chi connectivity index (χ1v) is 6.36. The summed E-state index contributed by atoms with van der Waals surface area (Å²) in [6.45, 7) is 0.611. The Hall–Kier alpha value is -2.50. The molecule has 2 aromatic rings. The molecule has 1 heterocycles. The first-order valence-electron chi connectivity index (χ1n) is 6.36. The highest BCUT2D eigenvalue weighted by Gasteiger charge is 2.02. The van der Waals surface area contributed by atoms with Crippen LogP contribution in [0.3, 0.4) is 0 Å². The maximum Gasteiger partial charge on any atom is 0.193 e. The van der Waals surface area contributed by atoms with Gasteiger partial charge in [-0.1, -0.05) is 12.1 Å². The summed E-state index contributed by atoms with van der Waals surface area (Å²) < 4.78 is 7.01. The third-order valence-electron chi connectivity index (χ3n) is 2.81. The summed E-state index contributed by atoms with van der Waals surface area (Å²) >= 11 is 0. The molecule has 3 N–H and O–H groups in total. The molecule has 6 heteroatoms. The predicted molar refractivity (Wildman–Crippen MR) is 80.0 cm³/mol. The van der Waals surface area contributed by atoms with Crippen LogP contribution >= 0.6 is 0 Å². The largest absolute Gasteiger partial charge is 0.495 e. The number of benzene rings is 1. The van der Waals surface area contributed by atoms with Crippen molar-refractivity contribution in [3.05, 3.63) is 42.2 Å². The number of guanidine groups is 1. The lowest BCUT2D eigenvalue weighted by Crippen LogP contribution is -2.23. The molecule has 0 aliphatic heterocycles. The van der Waals surface area contributed by atoms with Gasteiger partial charge in [0.25, 0.3) is 0 Å². The van der Waals surface area contributed by atoms with E-state index in [0.717, 1.165) is 23.4 Å². The highest BCUT2D eigenvalue weighted by atomic mass is 16.5. The van der Waals surface area contributed by atoms with Gasteiger partial charge in [-0.05, 0) is 24.1 Å². The lowest BCUT2D eigenvalue weighted by Gasteiger charge is -2.09. The van der Waals surface area contributed by atoms with Crippen LogP contribution in [0.1, 0.15) is 5.56 Å². The van der Waals surface area contributed by atoms with Gasteiger partial charge in [0.1, 0.15) is 5.75 Å². The minimum Gasteiger partial charge on any atom is -0.495 e. The number of nitrogens with two attached hydrogens (primary N) is 1. The van der Waals surface area contributed by atoms with Crippen LogP contribution in [0.25, 0.3) is 0 Å². The first kappa shape index (κ1) is 13.9. The quantitative estimate of drug-likeness (QED) is 0.637. The molecule has 0 bridgehead atoms. The molecule has 1 aromatic heterocycles. The van der Waals surface area contributed by atoms with Crippen molar-refractivity contribution >= 4 is 11.6 Å². The molecule has 0 aliphatic carbocycles. The van der Waals surface area contributed by atoms with Crippen molar-refractivity contribution in [2.75, 3.05) is 19.0 Å². The van der Waals surface area contributed by atoms with E-state index in [1.165, 1.54) is 0 Å². The van der Waals surface area contributed by atoms with Gasteiger partial charge >= 0.3 is 0 Å². The number of rotatable bonds is 5. The summed E-state index contributed by atoms with van der Waals surface area (Å²) in [6.07, 6.45) is 4.61. The van der Waals surface area contributed by atoms with E-state index in [4.69, 9.17) is 10.5 Å². The molecule has 6 nitrogen and oxygen atoms in total. The average Bonchev–Trinajstić information content (AvgIpc) is 2.85. The fourth-order valence-corrected chi connectivity index (χ4v) is 1.83. The molecule has 0 aliphatic rings. The number of nitrogens with one attached hydrogen (secondary N) is 1. The number of aryl methyl sites for hydroxylation is 1. The molecular formula is C14H19N5O. The van der Waals surface area contributed by atoms with Crippen molar-refractivity contribution in [1.82, 2.24) is 9.78 Å². The molecule has 1 aromatic carbocycles. The van der Waals surface area contributed by atoms with Crippen molar-refractivity contribution < 1.29 is 4.74 Å². The molecule has 2 rings (SSSR count).